The quantitative estimate of drug-likeness (QED) is 0.786. The number of halogens is 1. The van der Waals surface area contributed by atoms with E-state index >= 15 is 0 Å². The largest absolute Gasteiger partial charge is 0.339 e. The summed E-state index contributed by atoms with van der Waals surface area (Å²) < 4.78 is 25.6. The van der Waals surface area contributed by atoms with Gasteiger partial charge < -0.3 is 10.6 Å². The Hall–Kier alpha value is -0.370. The Balaban J connectivity index is 0.00000220. The molecule has 21 heavy (non-hydrogen) atoms. The number of amides is 1. The molecule has 0 radical (unpaired) electrons. The van der Waals surface area contributed by atoms with E-state index in [1.807, 2.05) is 4.90 Å². The molecule has 124 valence electrons. The van der Waals surface area contributed by atoms with Gasteiger partial charge in [0.05, 0.1) is 5.75 Å². The molecule has 0 bridgehead atoms. The summed E-state index contributed by atoms with van der Waals surface area (Å²) in [6.45, 7) is 4.06. The number of likely N-dealkylation sites (tertiary alicyclic amines) is 1. The summed E-state index contributed by atoms with van der Waals surface area (Å²) in [5.74, 6) is 0.632. The van der Waals surface area contributed by atoms with Crippen LogP contribution in [0.15, 0.2) is 0 Å². The summed E-state index contributed by atoms with van der Waals surface area (Å²) in [6.07, 6.45) is 2.90. The third-order valence-corrected chi connectivity index (χ3v) is 6.32. The van der Waals surface area contributed by atoms with Crippen molar-refractivity contribution >= 4 is 28.3 Å². The van der Waals surface area contributed by atoms with Gasteiger partial charge in [0.25, 0.3) is 0 Å². The molecule has 0 saturated carbocycles. The number of carbonyl (C=O) groups excluding carboxylic acids is 1. The zero-order valence-electron chi connectivity index (χ0n) is 12.5. The lowest BCUT2D eigenvalue weighted by Gasteiger charge is -2.46. The van der Waals surface area contributed by atoms with Gasteiger partial charge in [-0.1, -0.05) is 0 Å². The van der Waals surface area contributed by atoms with E-state index in [0.29, 0.717) is 32.6 Å². The Morgan fingerprint density at radius 1 is 1.33 bits per heavy atom. The molecule has 2 atom stereocenters. The molecule has 6 nitrogen and oxygen atoms in total. The van der Waals surface area contributed by atoms with Gasteiger partial charge in [-0.25, -0.2) is 12.7 Å². The monoisotopic (exact) mass is 339 g/mol. The van der Waals surface area contributed by atoms with Crippen LogP contribution in [0.5, 0.6) is 0 Å². The zero-order valence-corrected chi connectivity index (χ0v) is 14.2. The standard InChI is InChI=1S/C13H25N3O3S.ClH/c1-2-20(18,19)15-9-6-12-11(10-15)4-5-13(17)16(12)8-3-7-14;/h11-12H,2-10,14H2,1H3;1H/t11-,12+;/m0./s1. The van der Waals surface area contributed by atoms with E-state index in [4.69, 9.17) is 5.73 Å². The predicted octanol–water partition coefficient (Wildman–Crippen LogP) is 0.420. The minimum absolute atomic E-state index is 0. The molecular formula is C13H26ClN3O3S. The lowest BCUT2D eigenvalue weighted by atomic mass is 9.84. The van der Waals surface area contributed by atoms with Crippen LogP contribution in [-0.2, 0) is 14.8 Å². The molecule has 0 aliphatic carbocycles. The number of carbonyl (C=O) groups is 1. The van der Waals surface area contributed by atoms with Crippen LogP contribution >= 0.6 is 12.4 Å². The van der Waals surface area contributed by atoms with Gasteiger partial charge in [0.1, 0.15) is 0 Å². The maximum atomic E-state index is 12.0. The first-order chi connectivity index (χ1) is 9.49. The Morgan fingerprint density at radius 3 is 2.67 bits per heavy atom. The minimum Gasteiger partial charge on any atom is -0.339 e. The van der Waals surface area contributed by atoms with Crippen LogP contribution in [0.2, 0.25) is 0 Å². The molecule has 2 fully saturated rings. The van der Waals surface area contributed by atoms with E-state index in [-0.39, 0.29) is 36.0 Å². The van der Waals surface area contributed by atoms with Crippen molar-refractivity contribution in [3.63, 3.8) is 0 Å². The van der Waals surface area contributed by atoms with Gasteiger partial charge in [-0.05, 0) is 38.6 Å². The van der Waals surface area contributed by atoms with Crippen LogP contribution in [0.3, 0.4) is 0 Å². The number of sulfonamides is 1. The van der Waals surface area contributed by atoms with Crippen molar-refractivity contribution in [2.24, 2.45) is 11.7 Å². The SMILES string of the molecule is CCS(=O)(=O)N1CC[C@@H]2[C@@H](CCC(=O)N2CCCN)C1.Cl. The third kappa shape index (κ3) is 4.09. The molecule has 1 amide bonds. The molecule has 0 unspecified atom stereocenters. The Kier molecular flexibility index (Phi) is 6.90. The van der Waals surface area contributed by atoms with E-state index in [1.54, 1.807) is 11.2 Å². The summed E-state index contributed by atoms with van der Waals surface area (Å²) in [4.78, 5) is 14.0. The lowest BCUT2D eigenvalue weighted by molar-refractivity contribution is -0.140. The molecule has 2 rings (SSSR count). The molecule has 2 heterocycles. The first kappa shape index (κ1) is 18.7. The molecule has 2 saturated heterocycles. The second-order valence-corrected chi connectivity index (χ2v) is 7.90. The van der Waals surface area contributed by atoms with E-state index in [1.165, 1.54) is 0 Å². The van der Waals surface area contributed by atoms with Gasteiger partial charge in [-0.3, -0.25) is 4.79 Å². The van der Waals surface area contributed by atoms with Crippen molar-refractivity contribution in [2.45, 2.75) is 38.6 Å². The number of hydrogen-bond acceptors (Lipinski definition) is 4. The minimum atomic E-state index is -3.11. The Labute approximate surface area is 133 Å². The fourth-order valence-corrected chi connectivity index (χ4v) is 4.47. The highest BCUT2D eigenvalue weighted by atomic mass is 35.5. The van der Waals surface area contributed by atoms with Crippen LogP contribution in [0.25, 0.3) is 0 Å². The average Bonchev–Trinajstić information content (AvgIpc) is 2.45. The van der Waals surface area contributed by atoms with Gasteiger partial charge in [-0.15, -0.1) is 12.4 Å². The normalized spacial score (nSPS) is 27.1. The van der Waals surface area contributed by atoms with E-state index < -0.39 is 10.0 Å². The molecule has 0 aromatic rings. The van der Waals surface area contributed by atoms with Gasteiger partial charge in [-0.2, -0.15) is 0 Å². The fourth-order valence-electron chi connectivity index (χ4n) is 3.31. The number of piperidine rings is 2. The van der Waals surface area contributed by atoms with Crippen LogP contribution < -0.4 is 5.73 Å². The highest BCUT2D eigenvalue weighted by molar-refractivity contribution is 7.89. The molecular weight excluding hydrogens is 314 g/mol. The number of hydrogen-bond donors (Lipinski definition) is 1. The fraction of sp³-hybridized carbons (Fsp3) is 0.923. The maximum absolute atomic E-state index is 12.0. The molecule has 2 aliphatic rings. The molecule has 2 aliphatic heterocycles. The van der Waals surface area contributed by atoms with Crippen LogP contribution in [-0.4, -0.2) is 61.5 Å². The van der Waals surface area contributed by atoms with Crippen LogP contribution in [0.1, 0.15) is 32.6 Å². The summed E-state index contributed by atoms with van der Waals surface area (Å²) in [7, 11) is -3.11. The second kappa shape index (κ2) is 7.76. The van der Waals surface area contributed by atoms with E-state index in [2.05, 4.69) is 0 Å². The Morgan fingerprint density at radius 2 is 2.05 bits per heavy atom. The van der Waals surface area contributed by atoms with Crippen molar-refractivity contribution in [3.8, 4) is 0 Å². The topological polar surface area (TPSA) is 83.7 Å². The number of nitrogens with two attached hydrogens (primary N) is 1. The number of nitrogens with zero attached hydrogens (tertiary/aromatic N) is 2. The second-order valence-electron chi connectivity index (χ2n) is 5.64. The van der Waals surface area contributed by atoms with Gasteiger partial charge >= 0.3 is 0 Å². The predicted molar refractivity (Wildman–Crippen MR) is 84.8 cm³/mol. The van der Waals surface area contributed by atoms with Crippen LogP contribution in [0, 0.1) is 5.92 Å². The summed E-state index contributed by atoms with van der Waals surface area (Å²) in [5, 5.41) is 0. The maximum Gasteiger partial charge on any atom is 0.222 e. The van der Waals surface area contributed by atoms with E-state index in [0.717, 1.165) is 19.3 Å². The first-order valence-corrected chi connectivity index (χ1v) is 9.08. The summed E-state index contributed by atoms with van der Waals surface area (Å²) in [6, 6.07) is 0.200. The molecule has 0 spiro atoms. The number of fused-ring (bicyclic) bond motifs is 1. The van der Waals surface area contributed by atoms with Crippen molar-refractivity contribution in [1.29, 1.82) is 0 Å². The first-order valence-electron chi connectivity index (χ1n) is 7.47. The van der Waals surface area contributed by atoms with Crippen molar-refractivity contribution in [1.82, 2.24) is 9.21 Å². The van der Waals surface area contributed by atoms with Crippen molar-refractivity contribution < 1.29 is 13.2 Å². The smallest absolute Gasteiger partial charge is 0.222 e. The lowest BCUT2D eigenvalue weighted by Crippen LogP contribution is -2.57. The summed E-state index contributed by atoms with van der Waals surface area (Å²) in [5.41, 5.74) is 5.53. The van der Waals surface area contributed by atoms with Gasteiger partial charge in [0, 0.05) is 32.1 Å². The van der Waals surface area contributed by atoms with Gasteiger partial charge in [0.2, 0.25) is 15.9 Å². The van der Waals surface area contributed by atoms with Crippen LogP contribution in [0.4, 0.5) is 0 Å². The number of rotatable bonds is 5. The van der Waals surface area contributed by atoms with Crippen molar-refractivity contribution in [3.05, 3.63) is 0 Å². The van der Waals surface area contributed by atoms with Gasteiger partial charge in [0.15, 0.2) is 0 Å². The summed E-state index contributed by atoms with van der Waals surface area (Å²) >= 11 is 0. The highest BCUT2D eigenvalue weighted by Crippen LogP contribution is 2.32. The molecule has 0 aromatic heterocycles. The van der Waals surface area contributed by atoms with Crippen molar-refractivity contribution in [2.75, 3.05) is 31.9 Å². The highest BCUT2D eigenvalue weighted by Gasteiger charge is 2.41. The molecule has 8 heteroatoms. The average molecular weight is 340 g/mol. The Bertz CT molecular complexity index is 458. The molecule has 2 N–H and O–H groups in total. The van der Waals surface area contributed by atoms with E-state index in [9.17, 15) is 13.2 Å². The third-order valence-electron chi connectivity index (χ3n) is 4.47. The molecule has 0 aromatic carbocycles. The zero-order chi connectivity index (χ0) is 14.8.